The minimum Gasteiger partial charge on any atom is -0.293 e. The minimum absolute atomic E-state index is 0.0433. The number of nitrogens with zero attached hydrogens (tertiary/aromatic N) is 2. The number of halogens is 1. The molecule has 1 saturated carbocycles. The van der Waals surface area contributed by atoms with Crippen molar-refractivity contribution < 1.29 is 4.79 Å². The Kier molecular flexibility index (Phi) is 7.37. The number of rotatable bonds is 7. The van der Waals surface area contributed by atoms with Crippen molar-refractivity contribution in [2.75, 3.05) is 5.75 Å². The van der Waals surface area contributed by atoms with Crippen LogP contribution in [0.1, 0.15) is 67.8 Å². The lowest BCUT2D eigenvalue weighted by Crippen LogP contribution is -2.25. The van der Waals surface area contributed by atoms with Gasteiger partial charge in [0, 0.05) is 17.1 Å². The average Bonchev–Trinajstić information content (AvgIpc) is 2.80. The Labute approximate surface area is 198 Å². The largest absolute Gasteiger partial charge is 0.293 e. The molecule has 0 atom stereocenters. The fraction of sp³-hybridized carbons (Fsp3) is 0.423. The van der Waals surface area contributed by atoms with Crippen molar-refractivity contribution in [3.63, 3.8) is 0 Å². The summed E-state index contributed by atoms with van der Waals surface area (Å²) in [5, 5.41) is 1.64. The first-order chi connectivity index (χ1) is 15.4. The van der Waals surface area contributed by atoms with Crippen LogP contribution in [0.2, 0.25) is 5.02 Å². The standard InChI is InChI=1S/C26H29ClN2O2S/c1-17(2)15-29-25(31)22-13-12-21(27)14-23(22)28-26(29)32-16-24(30)20-10-8-19(9-11-20)18-6-4-3-5-7-18/h8-14,17-18H,3-7,15-16H2,1-2H3. The molecule has 32 heavy (non-hydrogen) atoms. The van der Waals surface area contributed by atoms with Crippen molar-refractivity contribution in [3.05, 3.63) is 69.0 Å². The summed E-state index contributed by atoms with van der Waals surface area (Å²) >= 11 is 7.43. The van der Waals surface area contributed by atoms with Gasteiger partial charge < -0.3 is 0 Å². The molecule has 0 aliphatic heterocycles. The van der Waals surface area contributed by atoms with Gasteiger partial charge in [0.15, 0.2) is 10.9 Å². The van der Waals surface area contributed by atoms with E-state index in [1.54, 1.807) is 22.8 Å². The first-order valence-electron chi connectivity index (χ1n) is 11.4. The molecule has 0 saturated heterocycles. The van der Waals surface area contributed by atoms with Crippen LogP contribution in [0.25, 0.3) is 10.9 Å². The quantitative estimate of drug-likeness (QED) is 0.219. The normalized spacial score (nSPS) is 14.9. The summed E-state index contributed by atoms with van der Waals surface area (Å²) in [4.78, 5) is 30.6. The first kappa shape index (κ1) is 23.1. The van der Waals surface area contributed by atoms with Gasteiger partial charge in [0.1, 0.15) is 0 Å². The van der Waals surface area contributed by atoms with E-state index in [4.69, 9.17) is 11.6 Å². The van der Waals surface area contributed by atoms with E-state index in [1.807, 2.05) is 12.1 Å². The zero-order chi connectivity index (χ0) is 22.7. The van der Waals surface area contributed by atoms with E-state index < -0.39 is 0 Å². The van der Waals surface area contributed by atoms with Gasteiger partial charge in [-0.05, 0) is 48.4 Å². The van der Waals surface area contributed by atoms with Crippen molar-refractivity contribution in [2.24, 2.45) is 5.92 Å². The predicted octanol–water partition coefficient (Wildman–Crippen LogP) is 6.73. The molecule has 1 aliphatic rings. The zero-order valence-corrected chi connectivity index (χ0v) is 20.2. The van der Waals surface area contributed by atoms with Crippen LogP contribution >= 0.6 is 23.4 Å². The third-order valence-corrected chi connectivity index (χ3v) is 7.28. The first-order valence-corrected chi connectivity index (χ1v) is 12.7. The summed E-state index contributed by atoms with van der Waals surface area (Å²) < 4.78 is 1.69. The Hall–Kier alpha value is -2.11. The lowest BCUT2D eigenvalue weighted by Gasteiger charge is -2.22. The maximum atomic E-state index is 13.1. The Morgan fingerprint density at radius 2 is 1.84 bits per heavy atom. The number of hydrogen-bond acceptors (Lipinski definition) is 4. The van der Waals surface area contributed by atoms with Crippen molar-refractivity contribution in [1.82, 2.24) is 9.55 Å². The van der Waals surface area contributed by atoms with Crippen LogP contribution in [0.15, 0.2) is 52.4 Å². The molecule has 1 heterocycles. The van der Waals surface area contributed by atoms with Gasteiger partial charge in [-0.2, -0.15) is 0 Å². The van der Waals surface area contributed by atoms with E-state index in [9.17, 15) is 9.59 Å². The topological polar surface area (TPSA) is 52.0 Å². The summed E-state index contributed by atoms with van der Waals surface area (Å²) in [6.07, 6.45) is 6.41. The van der Waals surface area contributed by atoms with Gasteiger partial charge in [0.25, 0.3) is 5.56 Å². The SMILES string of the molecule is CC(C)Cn1c(SCC(=O)c2ccc(C3CCCCC3)cc2)nc2cc(Cl)ccc2c1=O. The van der Waals surface area contributed by atoms with Gasteiger partial charge >= 0.3 is 0 Å². The van der Waals surface area contributed by atoms with Crippen molar-refractivity contribution >= 4 is 40.0 Å². The van der Waals surface area contributed by atoms with Crippen LogP contribution in [-0.2, 0) is 6.54 Å². The molecule has 0 spiro atoms. The van der Waals surface area contributed by atoms with Crippen LogP contribution < -0.4 is 5.56 Å². The number of fused-ring (bicyclic) bond motifs is 1. The molecule has 0 bridgehead atoms. The zero-order valence-electron chi connectivity index (χ0n) is 18.6. The van der Waals surface area contributed by atoms with Crippen molar-refractivity contribution in [3.8, 4) is 0 Å². The number of hydrogen-bond donors (Lipinski definition) is 0. The highest BCUT2D eigenvalue weighted by atomic mass is 35.5. The van der Waals surface area contributed by atoms with Crippen molar-refractivity contribution in [2.45, 2.75) is 63.6 Å². The summed E-state index contributed by atoms with van der Waals surface area (Å²) in [6.45, 7) is 4.68. The number of carbonyl (C=O) groups is 1. The summed E-state index contributed by atoms with van der Waals surface area (Å²) in [5.41, 5.74) is 2.52. The lowest BCUT2D eigenvalue weighted by molar-refractivity contribution is 0.102. The van der Waals surface area contributed by atoms with E-state index in [0.29, 0.717) is 39.1 Å². The molecule has 0 radical (unpaired) electrons. The van der Waals surface area contributed by atoms with Gasteiger partial charge in [0.05, 0.1) is 16.7 Å². The van der Waals surface area contributed by atoms with Crippen molar-refractivity contribution in [1.29, 1.82) is 0 Å². The molecule has 1 aromatic heterocycles. The summed E-state index contributed by atoms with van der Waals surface area (Å²) in [7, 11) is 0. The minimum atomic E-state index is -0.0906. The Bertz CT molecular complexity index is 1160. The lowest BCUT2D eigenvalue weighted by atomic mass is 9.84. The smallest absolute Gasteiger partial charge is 0.262 e. The second kappa shape index (κ2) is 10.2. The van der Waals surface area contributed by atoms with Gasteiger partial charge in [-0.25, -0.2) is 4.98 Å². The Morgan fingerprint density at radius 1 is 1.12 bits per heavy atom. The monoisotopic (exact) mass is 468 g/mol. The van der Waals surface area contributed by atoms with Gasteiger partial charge in [-0.3, -0.25) is 14.2 Å². The molecule has 4 nitrogen and oxygen atoms in total. The molecule has 168 valence electrons. The molecule has 2 aromatic carbocycles. The number of carbonyl (C=O) groups excluding carboxylic acids is 1. The summed E-state index contributed by atoms with van der Waals surface area (Å²) in [6, 6.07) is 13.2. The van der Waals surface area contributed by atoms with E-state index in [1.165, 1.54) is 49.4 Å². The van der Waals surface area contributed by atoms with Crippen LogP contribution in [0.5, 0.6) is 0 Å². The van der Waals surface area contributed by atoms with Gasteiger partial charge in [0.2, 0.25) is 0 Å². The molecule has 0 amide bonds. The number of thioether (sulfide) groups is 1. The highest BCUT2D eigenvalue weighted by Gasteiger charge is 2.18. The second-order valence-electron chi connectivity index (χ2n) is 9.03. The molecule has 6 heteroatoms. The van der Waals surface area contributed by atoms with E-state index >= 15 is 0 Å². The Balaban J connectivity index is 1.53. The number of ketones is 1. The molecule has 0 unspecified atom stereocenters. The third-order valence-electron chi connectivity index (χ3n) is 6.07. The fourth-order valence-corrected chi connectivity index (χ4v) is 5.47. The molecule has 4 rings (SSSR count). The number of benzene rings is 2. The van der Waals surface area contributed by atoms with Crippen LogP contribution in [-0.4, -0.2) is 21.1 Å². The highest BCUT2D eigenvalue weighted by Crippen LogP contribution is 2.32. The fourth-order valence-electron chi connectivity index (χ4n) is 4.40. The molecule has 0 N–H and O–H groups in total. The van der Waals surface area contributed by atoms with Gasteiger partial charge in [-0.15, -0.1) is 0 Å². The molecule has 1 aliphatic carbocycles. The molecular weight excluding hydrogens is 440 g/mol. The molecule has 1 fully saturated rings. The van der Waals surface area contributed by atoms with Crippen LogP contribution in [0.4, 0.5) is 0 Å². The van der Waals surface area contributed by atoms with E-state index in [-0.39, 0.29) is 23.0 Å². The molecular formula is C26H29ClN2O2S. The average molecular weight is 469 g/mol. The van der Waals surface area contributed by atoms with Gasteiger partial charge in [-0.1, -0.05) is 80.7 Å². The summed E-state index contributed by atoms with van der Waals surface area (Å²) in [5.74, 6) is 1.18. The third kappa shape index (κ3) is 5.26. The van der Waals surface area contributed by atoms with Crippen LogP contribution in [0, 0.1) is 5.92 Å². The maximum Gasteiger partial charge on any atom is 0.262 e. The number of aromatic nitrogens is 2. The molecule has 3 aromatic rings. The van der Waals surface area contributed by atoms with Crippen LogP contribution in [0.3, 0.4) is 0 Å². The predicted molar refractivity (Wildman–Crippen MR) is 133 cm³/mol. The Morgan fingerprint density at radius 3 is 2.53 bits per heavy atom. The maximum absolute atomic E-state index is 13.1. The number of Topliss-reactive ketones (excluding diaryl/α,β-unsaturated/α-hetero) is 1. The van der Waals surface area contributed by atoms with E-state index in [0.717, 1.165) is 0 Å². The highest BCUT2D eigenvalue weighted by molar-refractivity contribution is 7.99. The second-order valence-corrected chi connectivity index (χ2v) is 10.4. The van der Waals surface area contributed by atoms with E-state index in [2.05, 4.69) is 31.0 Å².